The molecule has 0 fully saturated rings. The summed E-state index contributed by atoms with van der Waals surface area (Å²) in [6, 6.07) is 0. The summed E-state index contributed by atoms with van der Waals surface area (Å²) < 4.78 is 5.78. The van der Waals surface area contributed by atoms with Gasteiger partial charge in [-0.2, -0.15) is 0 Å². The molecule has 0 saturated heterocycles. The first-order valence-corrected chi connectivity index (χ1v) is 6.69. The fourth-order valence-corrected chi connectivity index (χ4v) is 2.09. The summed E-state index contributed by atoms with van der Waals surface area (Å²) in [5.74, 6) is 0.570. The van der Waals surface area contributed by atoms with Crippen molar-refractivity contribution in [1.82, 2.24) is 0 Å². The molecule has 0 rings (SSSR count). The van der Waals surface area contributed by atoms with Crippen molar-refractivity contribution in [2.75, 3.05) is 6.61 Å². The van der Waals surface area contributed by atoms with Gasteiger partial charge in [-0.3, -0.25) is 0 Å². The van der Waals surface area contributed by atoms with E-state index in [4.69, 9.17) is 4.74 Å². The minimum Gasteiger partial charge on any atom is -0.376 e. The van der Waals surface area contributed by atoms with E-state index in [2.05, 4.69) is 27.7 Å². The van der Waals surface area contributed by atoms with Gasteiger partial charge < -0.3 is 9.53 Å². The van der Waals surface area contributed by atoms with Crippen LogP contribution >= 0.6 is 0 Å². The van der Waals surface area contributed by atoms with Crippen molar-refractivity contribution in [3.63, 3.8) is 0 Å². The summed E-state index contributed by atoms with van der Waals surface area (Å²) in [7, 11) is 0. The standard InChI is InChI=1S/C14H28O2/c1-5-13(10-12-15)9-8-11-14(4,6-2)16-7-3/h12-13H,5-11H2,1-4H3. The van der Waals surface area contributed by atoms with Gasteiger partial charge in [-0.1, -0.05) is 26.7 Å². The number of rotatable bonds is 10. The number of hydrogen-bond acceptors (Lipinski definition) is 2. The Kier molecular flexibility index (Phi) is 8.54. The normalized spacial score (nSPS) is 16.8. The van der Waals surface area contributed by atoms with Crippen molar-refractivity contribution in [3.05, 3.63) is 0 Å². The molecule has 0 aromatic rings. The van der Waals surface area contributed by atoms with Gasteiger partial charge in [0.15, 0.2) is 0 Å². The fourth-order valence-electron chi connectivity index (χ4n) is 2.09. The maximum Gasteiger partial charge on any atom is 0.120 e. The summed E-state index contributed by atoms with van der Waals surface area (Å²) in [5.41, 5.74) is 0.0359. The average molecular weight is 228 g/mol. The van der Waals surface area contributed by atoms with Gasteiger partial charge in [-0.05, 0) is 39.0 Å². The van der Waals surface area contributed by atoms with E-state index in [0.29, 0.717) is 12.3 Å². The first kappa shape index (κ1) is 15.6. The van der Waals surface area contributed by atoms with Crippen molar-refractivity contribution in [1.29, 1.82) is 0 Å². The summed E-state index contributed by atoms with van der Waals surface area (Å²) >= 11 is 0. The lowest BCUT2D eigenvalue weighted by molar-refractivity contribution is -0.108. The quantitative estimate of drug-likeness (QED) is 0.529. The van der Waals surface area contributed by atoms with Crippen LogP contribution in [-0.2, 0) is 9.53 Å². The molecular weight excluding hydrogens is 200 g/mol. The van der Waals surface area contributed by atoms with E-state index in [1.54, 1.807) is 0 Å². The van der Waals surface area contributed by atoms with Gasteiger partial charge in [-0.15, -0.1) is 0 Å². The molecule has 0 aliphatic rings. The van der Waals surface area contributed by atoms with E-state index in [-0.39, 0.29) is 5.60 Å². The molecule has 16 heavy (non-hydrogen) atoms. The highest BCUT2D eigenvalue weighted by Gasteiger charge is 2.21. The maximum absolute atomic E-state index is 10.5. The van der Waals surface area contributed by atoms with Crippen molar-refractivity contribution >= 4 is 6.29 Å². The highest BCUT2D eigenvalue weighted by Crippen LogP contribution is 2.25. The van der Waals surface area contributed by atoms with E-state index < -0.39 is 0 Å². The van der Waals surface area contributed by atoms with Gasteiger partial charge in [0, 0.05) is 13.0 Å². The molecule has 2 nitrogen and oxygen atoms in total. The monoisotopic (exact) mass is 228 g/mol. The minimum absolute atomic E-state index is 0.0359. The van der Waals surface area contributed by atoms with Crippen molar-refractivity contribution in [2.45, 2.75) is 71.8 Å². The summed E-state index contributed by atoms with van der Waals surface area (Å²) in [6.07, 6.45) is 7.35. The van der Waals surface area contributed by atoms with Crippen molar-refractivity contribution in [2.24, 2.45) is 5.92 Å². The molecule has 0 aromatic carbocycles. The van der Waals surface area contributed by atoms with Crippen molar-refractivity contribution in [3.8, 4) is 0 Å². The lowest BCUT2D eigenvalue weighted by Crippen LogP contribution is -2.27. The average Bonchev–Trinajstić information content (AvgIpc) is 2.28. The minimum atomic E-state index is 0.0359. The second kappa shape index (κ2) is 8.74. The predicted octanol–water partition coefficient (Wildman–Crippen LogP) is 3.98. The second-order valence-electron chi connectivity index (χ2n) is 4.81. The third-order valence-corrected chi connectivity index (χ3v) is 3.57. The Morgan fingerprint density at radius 3 is 2.44 bits per heavy atom. The SMILES string of the molecule is CCOC(C)(CC)CCCC(CC)CC=O. The molecule has 0 bridgehead atoms. The van der Waals surface area contributed by atoms with Crippen LogP contribution < -0.4 is 0 Å². The highest BCUT2D eigenvalue weighted by atomic mass is 16.5. The van der Waals surface area contributed by atoms with Gasteiger partial charge in [0.2, 0.25) is 0 Å². The van der Waals surface area contributed by atoms with Gasteiger partial charge in [0.25, 0.3) is 0 Å². The molecule has 0 aliphatic heterocycles. The van der Waals surface area contributed by atoms with E-state index in [0.717, 1.165) is 45.0 Å². The Morgan fingerprint density at radius 1 is 1.31 bits per heavy atom. The second-order valence-corrected chi connectivity index (χ2v) is 4.81. The molecule has 2 unspecified atom stereocenters. The van der Waals surface area contributed by atoms with Crippen LogP contribution in [0.5, 0.6) is 0 Å². The summed E-state index contributed by atoms with van der Waals surface area (Å²) in [4.78, 5) is 10.5. The van der Waals surface area contributed by atoms with Gasteiger partial charge >= 0.3 is 0 Å². The molecule has 0 amide bonds. The highest BCUT2D eigenvalue weighted by molar-refractivity contribution is 5.49. The Bertz CT molecular complexity index is 180. The molecule has 2 atom stereocenters. The number of carbonyl (C=O) groups is 1. The maximum atomic E-state index is 10.5. The smallest absolute Gasteiger partial charge is 0.120 e. The topological polar surface area (TPSA) is 26.3 Å². The predicted molar refractivity (Wildman–Crippen MR) is 68.6 cm³/mol. The Morgan fingerprint density at radius 2 is 2.00 bits per heavy atom. The zero-order chi connectivity index (χ0) is 12.4. The number of carbonyl (C=O) groups excluding carboxylic acids is 1. The van der Waals surface area contributed by atoms with E-state index in [1.165, 1.54) is 0 Å². The zero-order valence-electron chi connectivity index (χ0n) is 11.4. The van der Waals surface area contributed by atoms with Crippen LogP contribution in [0.1, 0.15) is 66.2 Å². The molecule has 0 saturated carbocycles. The van der Waals surface area contributed by atoms with Crippen LogP contribution in [0.3, 0.4) is 0 Å². The Labute approximate surface area is 101 Å². The first-order chi connectivity index (χ1) is 7.61. The summed E-state index contributed by atoms with van der Waals surface area (Å²) in [5, 5.41) is 0. The molecule has 0 aliphatic carbocycles. The van der Waals surface area contributed by atoms with Crippen LogP contribution in [0.15, 0.2) is 0 Å². The van der Waals surface area contributed by atoms with E-state index >= 15 is 0 Å². The largest absolute Gasteiger partial charge is 0.376 e. The van der Waals surface area contributed by atoms with E-state index in [9.17, 15) is 4.79 Å². The van der Waals surface area contributed by atoms with Gasteiger partial charge in [0.05, 0.1) is 5.60 Å². The molecule has 0 N–H and O–H groups in total. The Hall–Kier alpha value is -0.370. The molecule has 0 aromatic heterocycles. The van der Waals surface area contributed by atoms with Crippen molar-refractivity contribution < 1.29 is 9.53 Å². The molecule has 0 heterocycles. The fraction of sp³-hybridized carbons (Fsp3) is 0.929. The third-order valence-electron chi connectivity index (χ3n) is 3.57. The lowest BCUT2D eigenvalue weighted by atomic mass is 9.90. The first-order valence-electron chi connectivity index (χ1n) is 6.69. The van der Waals surface area contributed by atoms with Crippen LogP contribution in [-0.4, -0.2) is 18.5 Å². The molecular formula is C14H28O2. The number of ether oxygens (including phenoxy) is 1. The molecule has 2 heteroatoms. The Balaban J connectivity index is 3.88. The third kappa shape index (κ3) is 6.26. The zero-order valence-corrected chi connectivity index (χ0v) is 11.4. The van der Waals surface area contributed by atoms with Gasteiger partial charge in [-0.25, -0.2) is 0 Å². The lowest BCUT2D eigenvalue weighted by Gasteiger charge is -2.28. The molecule has 96 valence electrons. The molecule has 0 spiro atoms. The van der Waals surface area contributed by atoms with Crippen LogP contribution in [0.4, 0.5) is 0 Å². The molecule has 0 radical (unpaired) electrons. The summed E-state index contributed by atoms with van der Waals surface area (Å²) in [6.45, 7) is 9.37. The van der Waals surface area contributed by atoms with Crippen LogP contribution in [0.2, 0.25) is 0 Å². The number of aldehydes is 1. The van der Waals surface area contributed by atoms with Gasteiger partial charge in [0.1, 0.15) is 6.29 Å². The van der Waals surface area contributed by atoms with Crippen LogP contribution in [0, 0.1) is 5.92 Å². The van der Waals surface area contributed by atoms with E-state index in [1.807, 2.05) is 0 Å². The number of hydrogen-bond donors (Lipinski definition) is 0. The van der Waals surface area contributed by atoms with Crippen LogP contribution in [0.25, 0.3) is 0 Å².